The zero-order valence-electron chi connectivity index (χ0n) is 10.3. The Morgan fingerprint density at radius 1 is 1.37 bits per heavy atom. The fourth-order valence-corrected chi connectivity index (χ4v) is 5.71. The maximum absolute atomic E-state index is 12.2. The number of nitrogens with one attached hydrogen (secondary N) is 1. The van der Waals surface area contributed by atoms with Crippen molar-refractivity contribution in [3.63, 3.8) is 0 Å². The molecule has 0 spiro atoms. The van der Waals surface area contributed by atoms with E-state index in [1.165, 1.54) is 11.3 Å². The van der Waals surface area contributed by atoms with Gasteiger partial charge in [0.15, 0.2) is 0 Å². The first kappa shape index (κ1) is 17.4. The number of hydrogen-bond acceptors (Lipinski definition) is 4. The van der Waals surface area contributed by atoms with Gasteiger partial charge in [0.25, 0.3) is 0 Å². The first-order valence-electron chi connectivity index (χ1n) is 6.00. The molecule has 0 bridgehead atoms. The van der Waals surface area contributed by atoms with Crippen LogP contribution >= 0.6 is 39.7 Å². The molecule has 0 saturated heterocycles. The van der Waals surface area contributed by atoms with E-state index in [2.05, 4.69) is 20.7 Å². The van der Waals surface area contributed by atoms with Crippen molar-refractivity contribution in [3.05, 3.63) is 15.9 Å². The molecule has 0 aromatic carbocycles. The lowest BCUT2D eigenvalue weighted by atomic mass is 9.85. The molecule has 1 heterocycles. The van der Waals surface area contributed by atoms with Gasteiger partial charge in [0.1, 0.15) is 4.21 Å². The Hall–Kier alpha value is 0.340. The summed E-state index contributed by atoms with van der Waals surface area (Å²) in [6.07, 6.45) is 4.11. The van der Waals surface area contributed by atoms with E-state index in [9.17, 15) is 8.42 Å². The molecule has 3 N–H and O–H groups in total. The second-order valence-electron chi connectivity index (χ2n) is 4.57. The van der Waals surface area contributed by atoms with Crippen molar-refractivity contribution in [3.8, 4) is 0 Å². The molecule has 0 aliphatic heterocycles. The number of rotatable bonds is 4. The highest BCUT2D eigenvalue weighted by Crippen LogP contribution is 2.29. The average molecular weight is 390 g/mol. The van der Waals surface area contributed by atoms with Gasteiger partial charge in [0.2, 0.25) is 10.0 Å². The Labute approximate surface area is 132 Å². The summed E-state index contributed by atoms with van der Waals surface area (Å²) >= 11 is 4.51. The van der Waals surface area contributed by atoms with Crippen LogP contribution in [0.1, 0.15) is 25.7 Å². The number of halogens is 2. The fourth-order valence-electron chi connectivity index (χ4n) is 2.34. The van der Waals surface area contributed by atoms with E-state index in [0.29, 0.717) is 10.8 Å². The van der Waals surface area contributed by atoms with E-state index >= 15 is 0 Å². The molecule has 1 fully saturated rings. The molecule has 2 rings (SSSR count). The summed E-state index contributed by atoms with van der Waals surface area (Å²) in [5, 5.41) is 0. The predicted molar refractivity (Wildman–Crippen MR) is 84.4 cm³/mol. The van der Waals surface area contributed by atoms with E-state index in [1.54, 1.807) is 12.1 Å². The fraction of sp³-hybridized carbons (Fsp3) is 0.636. The third-order valence-corrected chi connectivity index (χ3v) is 6.94. The van der Waals surface area contributed by atoms with Crippen molar-refractivity contribution in [2.24, 2.45) is 11.7 Å². The molecule has 1 aromatic rings. The molecule has 1 aliphatic rings. The number of hydrogen-bond donors (Lipinski definition) is 2. The van der Waals surface area contributed by atoms with Crippen molar-refractivity contribution in [1.29, 1.82) is 0 Å². The van der Waals surface area contributed by atoms with Crippen molar-refractivity contribution in [2.75, 3.05) is 6.54 Å². The van der Waals surface area contributed by atoms with Crippen LogP contribution in [-0.4, -0.2) is 21.0 Å². The summed E-state index contributed by atoms with van der Waals surface area (Å²) in [6, 6.07) is 3.35. The van der Waals surface area contributed by atoms with Crippen molar-refractivity contribution < 1.29 is 8.42 Å². The number of nitrogens with two attached hydrogens (primary N) is 1. The zero-order valence-corrected chi connectivity index (χ0v) is 14.4. The standard InChI is InChI=1S/C11H17BrN2O2S2.ClH/c12-10-5-6-11(17-10)18(15,16)14-9-4-2-1-3-8(9)7-13;/h5-6,8-9,14H,1-4,7,13H2;1H. The van der Waals surface area contributed by atoms with Crippen LogP contribution in [0.4, 0.5) is 0 Å². The van der Waals surface area contributed by atoms with Gasteiger partial charge in [0, 0.05) is 6.04 Å². The topological polar surface area (TPSA) is 72.2 Å². The molecule has 2 unspecified atom stereocenters. The second-order valence-corrected chi connectivity index (χ2v) is 8.97. The maximum atomic E-state index is 12.2. The van der Waals surface area contributed by atoms with Crippen molar-refractivity contribution in [2.45, 2.75) is 35.9 Å². The number of thiophene rings is 1. The lowest BCUT2D eigenvalue weighted by molar-refractivity contribution is 0.296. The van der Waals surface area contributed by atoms with Gasteiger partial charge in [-0.25, -0.2) is 13.1 Å². The van der Waals surface area contributed by atoms with Gasteiger partial charge in [-0.1, -0.05) is 12.8 Å². The van der Waals surface area contributed by atoms with Crippen molar-refractivity contribution in [1.82, 2.24) is 4.72 Å². The SMILES string of the molecule is Cl.NCC1CCCCC1NS(=O)(=O)c1ccc(Br)s1. The van der Waals surface area contributed by atoms with Gasteiger partial charge < -0.3 is 5.73 Å². The highest BCUT2D eigenvalue weighted by molar-refractivity contribution is 9.11. The third kappa shape index (κ3) is 4.41. The minimum Gasteiger partial charge on any atom is -0.330 e. The Bertz CT molecular complexity index is 507. The van der Waals surface area contributed by atoms with E-state index in [4.69, 9.17) is 5.73 Å². The summed E-state index contributed by atoms with van der Waals surface area (Å²) in [4.78, 5) is 0. The smallest absolute Gasteiger partial charge is 0.250 e. The predicted octanol–water partition coefficient (Wildman–Crippen LogP) is 2.73. The lowest BCUT2D eigenvalue weighted by Gasteiger charge is -2.30. The Kier molecular flexibility index (Phi) is 6.75. The van der Waals surface area contributed by atoms with Gasteiger partial charge >= 0.3 is 0 Å². The van der Waals surface area contributed by atoms with Crippen LogP contribution in [0, 0.1) is 5.92 Å². The van der Waals surface area contributed by atoms with Crippen LogP contribution in [-0.2, 0) is 10.0 Å². The molecule has 4 nitrogen and oxygen atoms in total. The summed E-state index contributed by atoms with van der Waals surface area (Å²) in [6.45, 7) is 0.543. The van der Waals surface area contributed by atoms with Crippen molar-refractivity contribution >= 4 is 49.7 Å². The quantitative estimate of drug-likeness (QED) is 0.831. The minimum atomic E-state index is -3.40. The van der Waals surface area contributed by atoms with Crippen LogP contribution in [0.5, 0.6) is 0 Å². The lowest BCUT2D eigenvalue weighted by Crippen LogP contribution is -2.44. The van der Waals surface area contributed by atoms with E-state index in [-0.39, 0.29) is 24.4 Å². The molecule has 0 amide bonds. The maximum Gasteiger partial charge on any atom is 0.250 e. The summed E-state index contributed by atoms with van der Waals surface area (Å²) in [7, 11) is -3.40. The van der Waals surface area contributed by atoms with Crippen LogP contribution < -0.4 is 10.5 Å². The molecular formula is C11H18BrClN2O2S2. The highest BCUT2D eigenvalue weighted by Gasteiger charge is 2.29. The molecule has 8 heteroatoms. The first-order chi connectivity index (χ1) is 8.53. The minimum absolute atomic E-state index is 0. The van der Waals surface area contributed by atoms with Gasteiger partial charge in [-0.15, -0.1) is 23.7 Å². The third-order valence-electron chi connectivity index (χ3n) is 3.33. The first-order valence-corrected chi connectivity index (χ1v) is 9.10. The Balaban J connectivity index is 0.00000180. The molecule has 19 heavy (non-hydrogen) atoms. The van der Waals surface area contributed by atoms with Crippen LogP contribution in [0.3, 0.4) is 0 Å². The van der Waals surface area contributed by atoms with Gasteiger partial charge in [-0.05, 0) is 53.4 Å². The number of sulfonamides is 1. The van der Waals surface area contributed by atoms with Crippen LogP contribution in [0.25, 0.3) is 0 Å². The van der Waals surface area contributed by atoms with Crippen LogP contribution in [0.15, 0.2) is 20.1 Å². The summed E-state index contributed by atoms with van der Waals surface area (Å²) < 4.78 is 28.4. The molecule has 110 valence electrons. The molecular weight excluding hydrogens is 372 g/mol. The van der Waals surface area contributed by atoms with E-state index < -0.39 is 10.0 Å². The Morgan fingerprint density at radius 2 is 2.05 bits per heavy atom. The molecule has 1 aliphatic carbocycles. The highest BCUT2D eigenvalue weighted by atomic mass is 79.9. The van der Waals surface area contributed by atoms with Gasteiger partial charge in [0.05, 0.1) is 3.79 Å². The largest absolute Gasteiger partial charge is 0.330 e. The molecule has 0 radical (unpaired) electrons. The average Bonchev–Trinajstić information content (AvgIpc) is 2.77. The monoisotopic (exact) mass is 388 g/mol. The Morgan fingerprint density at radius 3 is 2.63 bits per heavy atom. The normalized spacial score (nSPS) is 23.9. The zero-order chi connectivity index (χ0) is 13.2. The van der Waals surface area contributed by atoms with Gasteiger partial charge in [-0.3, -0.25) is 0 Å². The summed E-state index contributed by atoms with van der Waals surface area (Å²) in [5.74, 6) is 0.261. The van der Waals surface area contributed by atoms with Gasteiger partial charge in [-0.2, -0.15) is 0 Å². The van der Waals surface area contributed by atoms with E-state index in [0.717, 1.165) is 29.5 Å². The van der Waals surface area contributed by atoms with Crippen LogP contribution in [0.2, 0.25) is 0 Å². The second kappa shape index (κ2) is 7.38. The molecule has 2 atom stereocenters. The molecule has 1 aromatic heterocycles. The van der Waals surface area contributed by atoms with E-state index in [1.807, 2.05) is 0 Å². The molecule has 1 saturated carbocycles. The summed E-state index contributed by atoms with van der Waals surface area (Å²) in [5.41, 5.74) is 5.72.